The molecule has 6 heteroatoms. The molecule has 3 atom stereocenters. The summed E-state index contributed by atoms with van der Waals surface area (Å²) in [6.07, 6.45) is -0.0165. The summed E-state index contributed by atoms with van der Waals surface area (Å²) in [4.78, 5) is 14.0. The molecule has 1 aromatic rings. The number of carbonyl (C=O) groups excluding carboxylic acids is 1. The fourth-order valence-electron chi connectivity index (χ4n) is 2.52. The molecule has 3 N–H and O–H groups in total. The smallest absolute Gasteiger partial charge is 0.237 e. The van der Waals surface area contributed by atoms with Crippen molar-refractivity contribution in [3.8, 4) is 0 Å². The Balaban J connectivity index is 1.94. The molecule has 1 aliphatic rings. The number of halogens is 1. The first-order valence-corrected chi connectivity index (χ1v) is 7.08. The van der Waals surface area contributed by atoms with Gasteiger partial charge in [0.05, 0.1) is 18.2 Å². The third kappa shape index (κ3) is 4.23. The fourth-order valence-corrected chi connectivity index (χ4v) is 2.52. The van der Waals surface area contributed by atoms with Crippen molar-refractivity contribution in [3.05, 3.63) is 35.6 Å². The van der Waals surface area contributed by atoms with Crippen LogP contribution < -0.4 is 10.6 Å². The standard InChI is InChI=1S/C15H22FN3O2/c1-19(2)14(10-3-5-11(16)6-4-10)9-18-15(21)13-7-12(20)8-17-13/h3-6,12-14,17,20H,7-9H2,1-2H3,(H,18,21). The van der Waals surface area contributed by atoms with E-state index in [0.717, 1.165) is 5.56 Å². The maximum atomic E-state index is 13.0. The van der Waals surface area contributed by atoms with Gasteiger partial charge in [0.1, 0.15) is 5.82 Å². The lowest BCUT2D eigenvalue weighted by Crippen LogP contribution is -2.43. The Morgan fingerprint density at radius 2 is 2.14 bits per heavy atom. The van der Waals surface area contributed by atoms with Gasteiger partial charge in [0.15, 0.2) is 0 Å². The Morgan fingerprint density at radius 3 is 2.67 bits per heavy atom. The van der Waals surface area contributed by atoms with E-state index in [4.69, 9.17) is 0 Å². The minimum Gasteiger partial charge on any atom is -0.392 e. The summed E-state index contributed by atoms with van der Waals surface area (Å²) in [5.41, 5.74) is 0.945. The third-order valence-corrected chi connectivity index (χ3v) is 3.77. The first kappa shape index (κ1) is 15.9. The normalized spacial score (nSPS) is 23.3. The summed E-state index contributed by atoms with van der Waals surface area (Å²) in [6, 6.07) is 5.93. The van der Waals surface area contributed by atoms with Gasteiger partial charge in [-0.2, -0.15) is 0 Å². The molecule has 0 aliphatic carbocycles. The maximum Gasteiger partial charge on any atom is 0.237 e. The van der Waals surface area contributed by atoms with Crippen molar-refractivity contribution in [1.82, 2.24) is 15.5 Å². The third-order valence-electron chi connectivity index (χ3n) is 3.77. The van der Waals surface area contributed by atoms with Crippen LogP contribution in [0.15, 0.2) is 24.3 Å². The van der Waals surface area contributed by atoms with Gasteiger partial charge in [-0.05, 0) is 38.2 Å². The second-order valence-corrected chi connectivity index (χ2v) is 5.63. The quantitative estimate of drug-likeness (QED) is 0.729. The molecule has 0 radical (unpaired) electrons. The molecule has 1 fully saturated rings. The fraction of sp³-hybridized carbons (Fsp3) is 0.533. The van der Waals surface area contributed by atoms with Crippen LogP contribution in [0, 0.1) is 5.82 Å². The highest BCUT2D eigenvalue weighted by molar-refractivity contribution is 5.82. The van der Waals surface area contributed by atoms with Crippen molar-refractivity contribution >= 4 is 5.91 Å². The second kappa shape index (κ2) is 6.98. The molecule has 1 aliphatic heterocycles. The molecular formula is C15H22FN3O2. The topological polar surface area (TPSA) is 64.6 Å². The van der Waals surface area contributed by atoms with E-state index in [-0.39, 0.29) is 23.8 Å². The van der Waals surface area contributed by atoms with Crippen LogP contribution in [-0.2, 0) is 4.79 Å². The molecule has 0 saturated carbocycles. The Morgan fingerprint density at radius 1 is 1.48 bits per heavy atom. The van der Waals surface area contributed by atoms with E-state index in [9.17, 15) is 14.3 Å². The molecule has 116 valence electrons. The summed E-state index contributed by atoms with van der Waals surface area (Å²) < 4.78 is 13.0. The van der Waals surface area contributed by atoms with Crippen molar-refractivity contribution in [2.45, 2.75) is 24.6 Å². The Labute approximate surface area is 124 Å². The number of aliphatic hydroxyl groups excluding tert-OH is 1. The van der Waals surface area contributed by atoms with Crippen molar-refractivity contribution < 1.29 is 14.3 Å². The van der Waals surface area contributed by atoms with Gasteiger partial charge in [-0.1, -0.05) is 12.1 Å². The summed E-state index contributed by atoms with van der Waals surface area (Å²) in [6.45, 7) is 0.888. The number of likely N-dealkylation sites (N-methyl/N-ethyl adjacent to an activating group) is 1. The lowest BCUT2D eigenvalue weighted by molar-refractivity contribution is -0.123. The molecule has 1 heterocycles. The van der Waals surface area contributed by atoms with Crippen LogP contribution in [-0.4, -0.2) is 55.2 Å². The zero-order valence-corrected chi connectivity index (χ0v) is 12.3. The number of β-amino-alcohol motifs (C(OH)–C–C–N with tert-alkyl or cyclic N) is 1. The summed E-state index contributed by atoms with van der Waals surface area (Å²) in [5.74, 6) is -0.384. The van der Waals surface area contributed by atoms with Crippen molar-refractivity contribution in [3.63, 3.8) is 0 Å². The van der Waals surface area contributed by atoms with Crippen LogP contribution in [0.1, 0.15) is 18.0 Å². The second-order valence-electron chi connectivity index (χ2n) is 5.63. The van der Waals surface area contributed by atoms with E-state index in [1.54, 1.807) is 12.1 Å². The van der Waals surface area contributed by atoms with Crippen molar-refractivity contribution in [2.75, 3.05) is 27.2 Å². The molecule has 3 unspecified atom stereocenters. The van der Waals surface area contributed by atoms with Gasteiger partial charge in [0.25, 0.3) is 0 Å². The van der Waals surface area contributed by atoms with E-state index >= 15 is 0 Å². The van der Waals surface area contributed by atoms with Gasteiger partial charge >= 0.3 is 0 Å². The first-order valence-electron chi connectivity index (χ1n) is 7.08. The average Bonchev–Trinajstić information content (AvgIpc) is 2.87. The number of benzene rings is 1. The summed E-state index contributed by atoms with van der Waals surface area (Å²) in [7, 11) is 3.83. The monoisotopic (exact) mass is 295 g/mol. The van der Waals surface area contributed by atoms with E-state index in [0.29, 0.717) is 19.5 Å². The Bertz CT molecular complexity index is 478. The number of amides is 1. The molecule has 0 bridgehead atoms. The van der Waals surface area contributed by atoms with Crippen LogP contribution in [0.2, 0.25) is 0 Å². The highest BCUT2D eigenvalue weighted by atomic mass is 19.1. The van der Waals surface area contributed by atoms with Gasteiger partial charge in [-0.25, -0.2) is 4.39 Å². The molecule has 1 saturated heterocycles. The predicted octanol–water partition coefficient (Wildman–Crippen LogP) is 0.267. The molecule has 1 amide bonds. The maximum absolute atomic E-state index is 13.0. The van der Waals surface area contributed by atoms with Crippen LogP contribution >= 0.6 is 0 Å². The van der Waals surface area contributed by atoms with E-state index in [1.807, 2.05) is 19.0 Å². The van der Waals surface area contributed by atoms with Crippen molar-refractivity contribution in [1.29, 1.82) is 0 Å². The number of rotatable bonds is 5. The number of aliphatic hydroxyl groups is 1. The van der Waals surface area contributed by atoms with Gasteiger partial charge in [-0.3, -0.25) is 4.79 Å². The van der Waals surface area contributed by atoms with Crippen LogP contribution in [0.4, 0.5) is 4.39 Å². The van der Waals surface area contributed by atoms with E-state index < -0.39 is 6.10 Å². The predicted molar refractivity (Wildman–Crippen MR) is 78.3 cm³/mol. The van der Waals surface area contributed by atoms with E-state index in [2.05, 4.69) is 10.6 Å². The highest BCUT2D eigenvalue weighted by Gasteiger charge is 2.28. The minimum absolute atomic E-state index is 0.0270. The zero-order chi connectivity index (χ0) is 15.4. The number of hydrogen-bond acceptors (Lipinski definition) is 4. The molecule has 0 aromatic heterocycles. The minimum atomic E-state index is -0.456. The Hall–Kier alpha value is -1.50. The largest absolute Gasteiger partial charge is 0.392 e. The van der Waals surface area contributed by atoms with Gasteiger partial charge in [-0.15, -0.1) is 0 Å². The van der Waals surface area contributed by atoms with Gasteiger partial charge in [0.2, 0.25) is 5.91 Å². The van der Waals surface area contributed by atoms with Crippen molar-refractivity contribution in [2.24, 2.45) is 0 Å². The van der Waals surface area contributed by atoms with Crippen LogP contribution in [0.3, 0.4) is 0 Å². The van der Waals surface area contributed by atoms with Gasteiger partial charge < -0.3 is 20.6 Å². The molecule has 1 aromatic carbocycles. The highest BCUT2D eigenvalue weighted by Crippen LogP contribution is 2.18. The van der Waals surface area contributed by atoms with E-state index in [1.165, 1.54) is 12.1 Å². The summed E-state index contributed by atoms with van der Waals surface area (Å²) in [5, 5.41) is 15.3. The number of carbonyl (C=O) groups is 1. The molecule has 0 spiro atoms. The Kier molecular flexibility index (Phi) is 5.27. The SMILES string of the molecule is CN(C)C(CNC(=O)C1CC(O)CN1)c1ccc(F)cc1. The average molecular weight is 295 g/mol. The van der Waals surface area contributed by atoms with Crippen LogP contribution in [0.25, 0.3) is 0 Å². The molecular weight excluding hydrogens is 273 g/mol. The number of nitrogens with zero attached hydrogens (tertiary/aromatic N) is 1. The number of nitrogens with one attached hydrogen (secondary N) is 2. The molecule has 2 rings (SSSR count). The molecule has 21 heavy (non-hydrogen) atoms. The van der Waals surface area contributed by atoms with Crippen LogP contribution in [0.5, 0.6) is 0 Å². The summed E-state index contributed by atoms with van der Waals surface area (Å²) >= 11 is 0. The van der Waals surface area contributed by atoms with Gasteiger partial charge in [0, 0.05) is 13.1 Å². The first-order chi connectivity index (χ1) is 9.97. The number of hydrogen-bond donors (Lipinski definition) is 3. The lowest BCUT2D eigenvalue weighted by Gasteiger charge is -2.25. The molecule has 5 nitrogen and oxygen atoms in total. The zero-order valence-electron chi connectivity index (χ0n) is 12.3. The lowest BCUT2D eigenvalue weighted by atomic mass is 10.1.